The molecule has 24 heavy (non-hydrogen) atoms. The van der Waals surface area contributed by atoms with Gasteiger partial charge in [-0.3, -0.25) is 9.59 Å². The molecule has 0 saturated carbocycles. The molecule has 6 heteroatoms. The number of carbonyl (C=O) groups excluding carboxylic acids is 2. The van der Waals surface area contributed by atoms with E-state index in [0.29, 0.717) is 29.1 Å². The second-order valence-electron chi connectivity index (χ2n) is 7.79. The van der Waals surface area contributed by atoms with Gasteiger partial charge in [-0.25, -0.2) is 0 Å². The van der Waals surface area contributed by atoms with Crippen LogP contribution in [0.25, 0.3) is 0 Å². The third-order valence-electron chi connectivity index (χ3n) is 4.61. The Morgan fingerprint density at radius 3 is 2.21 bits per heavy atom. The molecule has 2 rings (SSSR count). The molecule has 1 aromatic rings. The van der Waals surface area contributed by atoms with Gasteiger partial charge in [0.15, 0.2) is 0 Å². The van der Waals surface area contributed by atoms with E-state index in [1.165, 1.54) is 0 Å². The zero-order valence-corrected chi connectivity index (χ0v) is 15.7. The van der Waals surface area contributed by atoms with E-state index in [9.17, 15) is 9.59 Å². The monoisotopic (exact) mass is 351 g/mol. The summed E-state index contributed by atoms with van der Waals surface area (Å²) in [6.07, 6.45) is 1.40. The minimum Gasteiger partial charge on any atom is -0.398 e. The number of nitrogens with one attached hydrogen (secondary N) is 1. The molecular formula is C18H26ClN3O2. The number of piperidine rings is 1. The second kappa shape index (κ2) is 6.28. The average Bonchev–Trinajstić information content (AvgIpc) is 2.37. The molecule has 0 radical (unpaired) electrons. The molecule has 1 fully saturated rings. The maximum atomic E-state index is 12.5. The molecule has 1 aromatic carbocycles. The lowest BCUT2D eigenvalue weighted by atomic mass is 9.76. The fraction of sp³-hybridized carbons (Fsp3) is 0.556. The van der Waals surface area contributed by atoms with Gasteiger partial charge in [0.2, 0.25) is 5.91 Å². The van der Waals surface area contributed by atoms with Crippen LogP contribution in [-0.4, -0.2) is 33.8 Å². The quantitative estimate of drug-likeness (QED) is 0.803. The van der Waals surface area contributed by atoms with Crippen LogP contribution in [0.4, 0.5) is 5.69 Å². The predicted octanol–water partition coefficient (Wildman–Crippen LogP) is 3.22. The van der Waals surface area contributed by atoms with Gasteiger partial charge in [0, 0.05) is 29.6 Å². The van der Waals surface area contributed by atoms with E-state index in [1.807, 2.05) is 32.6 Å². The van der Waals surface area contributed by atoms with Gasteiger partial charge in [-0.05, 0) is 58.7 Å². The van der Waals surface area contributed by atoms with Crippen LogP contribution in [0, 0.1) is 0 Å². The van der Waals surface area contributed by atoms with Crippen LogP contribution in [0.3, 0.4) is 0 Å². The van der Waals surface area contributed by atoms with E-state index < -0.39 is 0 Å². The number of nitrogen functional groups attached to an aromatic ring is 1. The SMILES string of the molecule is CC(=O)N1C(C)(C)CC(NC(=O)c2ccc(Cl)c(N)c2)CC1(C)C. The molecule has 1 heterocycles. The molecule has 5 nitrogen and oxygen atoms in total. The first-order chi connectivity index (χ1) is 10.9. The number of amides is 2. The lowest BCUT2D eigenvalue weighted by Gasteiger charge is -2.55. The molecule has 2 amide bonds. The summed E-state index contributed by atoms with van der Waals surface area (Å²) < 4.78 is 0. The molecule has 0 bridgehead atoms. The van der Waals surface area contributed by atoms with Crippen LogP contribution in [0.2, 0.25) is 5.02 Å². The number of carbonyl (C=O) groups is 2. The van der Waals surface area contributed by atoms with Crippen LogP contribution in [0.15, 0.2) is 18.2 Å². The topological polar surface area (TPSA) is 75.4 Å². The van der Waals surface area contributed by atoms with Crippen LogP contribution < -0.4 is 11.1 Å². The van der Waals surface area contributed by atoms with Crippen molar-refractivity contribution in [1.82, 2.24) is 10.2 Å². The third kappa shape index (κ3) is 3.66. The predicted molar refractivity (Wildman–Crippen MR) is 97.0 cm³/mol. The van der Waals surface area contributed by atoms with Gasteiger partial charge in [0.1, 0.15) is 0 Å². The van der Waals surface area contributed by atoms with E-state index in [0.717, 1.165) is 0 Å². The van der Waals surface area contributed by atoms with Gasteiger partial charge in [-0.1, -0.05) is 11.6 Å². The third-order valence-corrected chi connectivity index (χ3v) is 4.96. The summed E-state index contributed by atoms with van der Waals surface area (Å²) in [6.45, 7) is 9.74. The van der Waals surface area contributed by atoms with E-state index in [-0.39, 0.29) is 28.9 Å². The molecule has 3 N–H and O–H groups in total. The van der Waals surface area contributed by atoms with Crippen molar-refractivity contribution in [2.24, 2.45) is 0 Å². The van der Waals surface area contributed by atoms with Crippen molar-refractivity contribution in [3.05, 3.63) is 28.8 Å². The molecule has 1 saturated heterocycles. The molecule has 1 aliphatic heterocycles. The second-order valence-corrected chi connectivity index (χ2v) is 8.20. The number of hydrogen-bond donors (Lipinski definition) is 2. The molecule has 0 aromatic heterocycles. The Balaban J connectivity index is 2.17. The summed E-state index contributed by atoms with van der Waals surface area (Å²) in [7, 11) is 0. The van der Waals surface area contributed by atoms with Crippen LogP contribution in [0.5, 0.6) is 0 Å². The lowest BCUT2D eigenvalue weighted by Crippen LogP contribution is -2.65. The summed E-state index contributed by atoms with van der Waals surface area (Å²) >= 11 is 5.90. The van der Waals surface area contributed by atoms with Gasteiger partial charge in [-0.2, -0.15) is 0 Å². The minimum atomic E-state index is -0.329. The van der Waals surface area contributed by atoms with Crippen molar-refractivity contribution in [3.63, 3.8) is 0 Å². The maximum Gasteiger partial charge on any atom is 0.251 e. The van der Waals surface area contributed by atoms with Crippen molar-refractivity contribution in [1.29, 1.82) is 0 Å². The largest absolute Gasteiger partial charge is 0.398 e. The highest BCUT2D eigenvalue weighted by molar-refractivity contribution is 6.33. The summed E-state index contributed by atoms with van der Waals surface area (Å²) in [5.74, 6) is -0.119. The Labute approximate surface area is 148 Å². The summed E-state index contributed by atoms with van der Waals surface area (Å²) in [5, 5.41) is 3.51. The van der Waals surface area contributed by atoms with Crippen molar-refractivity contribution < 1.29 is 9.59 Å². The number of nitrogens with zero attached hydrogens (tertiary/aromatic N) is 1. The van der Waals surface area contributed by atoms with Gasteiger partial charge in [-0.15, -0.1) is 0 Å². The van der Waals surface area contributed by atoms with Crippen LogP contribution in [-0.2, 0) is 4.79 Å². The number of anilines is 1. The fourth-order valence-corrected chi connectivity index (χ4v) is 4.31. The Morgan fingerprint density at radius 2 is 1.75 bits per heavy atom. The van der Waals surface area contributed by atoms with E-state index >= 15 is 0 Å². The Bertz CT molecular complexity index is 652. The van der Waals surface area contributed by atoms with E-state index in [2.05, 4.69) is 5.32 Å². The van der Waals surface area contributed by atoms with Gasteiger partial charge < -0.3 is 16.0 Å². The summed E-state index contributed by atoms with van der Waals surface area (Å²) in [6, 6.07) is 4.85. The Morgan fingerprint density at radius 1 is 1.21 bits per heavy atom. The highest BCUT2D eigenvalue weighted by Gasteiger charge is 2.46. The number of halogens is 1. The zero-order valence-electron chi connectivity index (χ0n) is 14.9. The Kier molecular flexibility index (Phi) is 4.86. The average molecular weight is 352 g/mol. The number of likely N-dealkylation sites (tertiary alicyclic amines) is 1. The van der Waals surface area contributed by atoms with Crippen LogP contribution in [0.1, 0.15) is 57.8 Å². The van der Waals surface area contributed by atoms with E-state index in [1.54, 1.807) is 25.1 Å². The summed E-state index contributed by atoms with van der Waals surface area (Å²) in [4.78, 5) is 26.5. The number of hydrogen-bond acceptors (Lipinski definition) is 3. The number of rotatable bonds is 2. The molecule has 0 spiro atoms. The smallest absolute Gasteiger partial charge is 0.251 e. The fourth-order valence-electron chi connectivity index (χ4n) is 4.19. The van der Waals surface area contributed by atoms with Gasteiger partial charge >= 0.3 is 0 Å². The van der Waals surface area contributed by atoms with E-state index in [4.69, 9.17) is 17.3 Å². The maximum absolute atomic E-state index is 12.5. The summed E-state index contributed by atoms with van der Waals surface area (Å²) in [5.41, 5.74) is 5.99. The molecule has 0 unspecified atom stereocenters. The minimum absolute atomic E-state index is 0.0185. The number of nitrogens with two attached hydrogens (primary N) is 1. The number of benzene rings is 1. The zero-order chi connectivity index (χ0) is 18.3. The first kappa shape index (κ1) is 18.6. The van der Waals surface area contributed by atoms with Crippen molar-refractivity contribution >= 4 is 29.1 Å². The molecule has 132 valence electrons. The molecular weight excluding hydrogens is 326 g/mol. The highest BCUT2D eigenvalue weighted by atomic mass is 35.5. The molecule has 1 aliphatic rings. The van der Waals surface area contributed by atoms with Gasteiger partial charge in [0.25, 0.3) is 5.91 Å². The first-order valence-electron chi connectivity index (χ1n) is 8.11. The normalized spacial score (nSPS) is 19.8. The van der Waals surface area contributed by atoms with Crippen molar-refractivity contribution in [3.8, 4) is 0 Å². The Hall–Kier alpha value is -1.75. The molecule has 0 aliphatic carbocycles. The van der Waals surface area contributed by atoms with Crippen LogP contribution >= 0.6 is 11.6 Å². The first-order valence-corrected chi connectivity index (χ1v) is 8.49. The molecule has 0 atom stereocenters. The van der Waals surface area contributed by atoms with Crippen molar-refractivity contribution in [2.75, 3.05) is 5.73 Å². The van der Waals surface area contributed by atoms with Crippen molar-refractivity contribution in [2.45, 2.75) is 64.6 Å². The van der Waals surface area contributed by atoms with Gasteiger partial charge in [0.05, 0.1) is 10.7 Å². The highest BCUT2D eigenvalue weighted by Crippen LogP contribution is 2.38. The lowest BCUT2D eigenvalue weighted by molar-refractivity contribution is -0.147. The standard InChI is InChI=1S/C18H26ClN3O2/c1-11(23)22-17(2,3)9-13(10-18(22,4)5)21-16(24)12-6-7-14(19)15(20)8-12/h6-8,13H,9-10,20H2,1-5H3,(H,21,24).